The number of hydrogen-bond donors (Lipinski definition) is 2. The molecule has 7 nitrogen and oxygen atoms in total. The number of aromatic carboxylic acids is 1. The third-order valence-corrected chi connectivity index (χ3v) is 4.00. The lowest BCUT2D eigenvalue weighted by Crippen LogP contribution is -2.21. The zero-order chi connectivity index (χ0) is 15.4. The summed E-state index contributed by atoms with van der Waals surface area (Å²) in [5.41, 5.74) is -0.474. The standard InChI is InChI=1S/C14H19N3O4/c1-9-2-4-10(5-3-9)7-15-13-12(17(20)21)6-11(8-16-13)14(18)19/h6,8-10H,2-5,7H2,1H3,(H,15,16)(H,18,19). The van der Waals surface area contributed by atoms with E-state index < -0.39 is 10.9 Å². The molecule has 0 aromatic carbocycles. The molecule has 1 aliphatic rings. The Balaban J connectivity index is 2.05. The molecular formula is C14H19N3O4. The fraction of sp³-hybridized carbons (Fsp3) is 0.571. The first-order chi connectivity index (χ1) is 9.97. The third kappa shape index (κ3) is 3.90. The van der Waals surface area contributed by atoms with Gasteiger partial charge >= 0.3 is 11.7 Å². The maximum Gasteiger partial charge on any atom is 0.337 e. The van der Waals surface area contributed by atoms with Crippen LogP contribution in [0.25, 0.3) is 0 Å². The third-order valence-electron chi connectivity index (χ3n) is 4.00. The molecule has 0 aliphatic heterocycles. The van der Waals surface area contributed by atoms with Crippen molar-refractivity contribution in [2.24, 2.45) is 11.8 Å². The molecule has 1 aromatic heterocycles. The van der Waals surface area contributed by atoms with Crippen molar-refractivity contribution in [2.75, 3.05) is 11.9 Å². The van der Waals surface area contributed by atoms with Gasteiger partial charge in [-0.1, -0.05) is 19.8 Å². The van der Waals surface area contributed by atoms with Crippen LogP contribution in [-0.4, -0.2) is 27.5 Å². The van der Waals surface area contributed by atoms with Crippen LogP contribution < -0.4 is 5.32 Å². The quantitative estimate of drug-likeness (QED) is 0.638. The molecule has 0 bridgehead atoms. The zero-order valence-electron chi connectivity index (χ0n) is 11.9. The van der Waals surface area contributed by atoms with Gasteiger partial charge in [-0.15, -0.1) is 0 Å². The molecule has 0 amide bonds. The van der Waals surface area contributed by atoms with Gasteiger partial charge in [-0.25, -0.2) is 9.78 Å². The fourth-order valence-corrected chi connectivity index (χ4v) is 2.62. The summed E-state index contributed by atoms with van der Waals surface area (Å²) in [4.78, 5) is 25.1. The zero-order valence-corrected chi connectivity index (χ0v) is 11.9. The number of hydrogen-bond acceptors (Lipinski definition) is 5. The van der Waals surface area contributed by atoms with Crippen LogP contribution in [0.1, 0.15) is 43.0 Å². The minimum Gasteiger partial charge on any atom is -0.478 e. The van der Waals surface area contributed by atoms with E-state index in [9.17, 15) is 14.9 Å². The Bertz CT molecular complexity index is 539. The SMILES string of the molecule is CC1CCC(CNc2ncc(C(=O)O)cc2[N+](=O)[O-])CC1. The number of anilines is 1. The molecule has 0 spiro atoms. The Morgan fingerprint density at radius 3 is 2.71 bits per heavy atom. The smallest absolute Gasteiger partial charge is 0.337 e. The molecule has 21 heavy (non-hydrogen) atoms. The summed E-state index contributed by atoms with van der Waals surface area (Å²) < 4.78 is 0. The lowest BCUT2D eigenvalue weighted by molar-refractivity contribution is -0.384. The Kier molecular flexibility index (Phi) is 4.72. The van der Waals surface area contributed by atoms with E-state index >= 15 is 0 Å². The summed E-state index contributed by atoms with van der Waals surface area (Å²) in [6, 6.07) is 1.04. The van der Waals surface area contributed by atoms with Crippen LogP contribution in [0.5, 0.6) is 0 Å². The van der Waals surface area contributed by atoms with E-state index in [1.54, 1.807) is 0 Å². The predicted octanol–water partition coefficient (Wildman–Crippen LogP) is 2.93. The molecule has 0 radical (unpaired) electrons. The number of nitrogens with zero attached hydrogens (tertiary/aromatic N) is 2. The molecular weight excluding hydrogens is 274 g/mol. The van der Waals surface area contributed by atoms with Gasteiger partial charge in [0.15, 0.2) is 0 Å². The summed E-state index contributed by atoms with van der Waals surface area (Å²) in [6.07, 6.45) is 5.71. The predicted molar refractivity (Wildman–Crippen MR) is 77.5 cm³/mol. The lowest BCUT2D eigenvalue weighted by Gasteiger charge is -2.26. The van der Waals surface area contributed by atoms with Crippen molar-refractivity contribution in [1.29, 1.82) is 0 Å². The molecule has 114 valence electrons. The maximum atomic E-state index is 11.0. The van der Waals surface area contributed by atoms with Crippen molar-refractivity contribution >= 4 is 17.5 Å². The summed E-state index contributed by atoms with van der Waals surface area (Å²) >= 11 is 0. The molecule has 7 heteroatoms. The Hall–Kier alpha value is -2.18. The highest BCUT2D eigenvalue weighted by molar-refractivity contribution is 5.88. The molecule has 2 N–H and O–H groups in total. The molecule has 1 heterocycles. The van der Waals surface area contributed by atoms with Crippen molar-refractivity contribution in [3.05, 3.63) is 27.9 Å². The van der Waals surface area contributed by atoms with Gasteiger partial charge < -0.3 is 10.4 Å². The molecule has 0 unspecified atom stereocenters. The Morgan fingerprint density at radius 2 is 2.14 bits per heavy atom. The summed E-state index contributed by atoms with van der Waals surface area (Å²) in [5, 5.41) is 22.9. The van der Waals surface area contributed by atoms with Gasteiger partial charge in [0.25, 0.3) is 0 Å². The van der Waals surface area contributed by atoms with Crippen LogP contribution in [0, 0.1) is 22.0 Å². The fourth-order valence-electron chi connectivity index (χ4n) is 2.62. The molecule has 1 fully saturated rings. The van der Waals surface area contributed by atoms with Crippen LogP contribution in [0.3, 0.4) is 0 Å². The van der Waals surface area contributed by atoms with Crippen molar-refractivity contribution < 1.29 is 14.8 Å². The number of nitrogens with one attached hydrogen (secondary N) is 1. The van der Waals surface area contributed by atoms with Crippen molar-refractivity contribution in [1.82, 2.24) is 4.98 Å². The molecule has 1 aromatic rings. The highest BCUT2D eigenvalue weighted by Crippen LogP contribution is 2.29. The van der Waals surface area contributed by atoms with E-state index in [4.69, 9.17) is 5.11 Å². The van der Waals surface area contributed by atoms with E-state index in [-0.39, 0.29) is 17.1 Å². The van der Waals surface area contributed by atoms with Crippen molar-refractivity contribution in [2.45, 2.75) is 32.6 Å². The number of nitro groups is 1. The first kappa shape index (κ1) is 15.2. The Morgan fingerprint density at radius 1 is 1.48 bits per heavy atom. The van der Waals surface area contributed by atoms with Gasteiger partial charge in [0.2, 0.25) is 5.82 Å². The maximum absolute atomic E-state index is 11.0. The van der Waals surface area contributed by atoms with Crippen LogP contribution in [0.15, 0.2) is 12.3 Å². The van der Waals surface area contributed by atoms with E-state index in [2.05, 4.69) is 17.2 Å². The Labute approximate surface area is 122 Å². The second-order valence-corrected chi connectivity index (χ2v) is 5.66. The highest BCUT2D eigenvalue weighted by atomic mass is 16.6. The molecule has 1 saturated carbocycles. The van der Waals surface area contributed by atoms with Crippen molar-refractivity contribution in [3.63, 3.8) is 0 Å². The van der Waals surface area contributed by atoms with E-state index in [0.717, 1.165) is 31.0 Å². The second kappa shape index (κ2) is 6.51. The number of carboxylic acid groups (broad SMARTS) is 1. The number of carboxylic acids is 1. The number of aromatic nitrogens is 1. The summed E-state index contributed by atoms with van der Waals surface area (Å²) in [6.45, 7) is 2.87. The molecule has 0 atom stereocenters. The van der Waals surface area contributed by atoms with Crippen LogP contribution >= 0.6 is 0 Å². The molecule has 0 saturated heterocycles. The number of carbonyl (C=O) groups is 1. The lowest BCUT2D eigenvalue weighted by atomic mass is 9.83. The first-order valence-corrected chi connectivity index (χ1v) is 7.09. The van der Waals surface area contributed by atoms with Gasteiger partial charge in [-0.05, 0) is 24.7 Å². The van der Waals surface area contributed by atoms with Crippen LogP contribution in [0.4, 0.5) is 11.5 Å². The molecule has 2 rings (SSSR count). The van der Waals surface area contributed by atoms with Gasteiger partial charge in [0.1, 0.15) is 0 Å². The van der Waals surface area contributed by atoms with Crippen LogP contribution in [0.2, 0.25) is 0 Å². The topological polar surface area (TPSA) is 105 Å². The number of rotatable bonds is 5. The largest absolute Gasteiger partial charge is 0.478 e. The van der Waals surface area contributed by atoms with E-state index in [1.807, 2.05) is 0 Å². The average Bonchev–Trinajstić information content (AvgIpc) is 2.46. The highest BCUT2D eigenvalue weighted by Gasteiger charge is 2.22. The summed E-state index contributed by atoms with van der Waals surface area (Å²) in [5.74, 6) is 0.160. The van der Waals surface area contributed by atoms with Gasteiger partial charge in [-0.2, -0.15) is 0 Å². The normalized spacial score (nSPS) is 21.8. The van der Waals surface area contributed by atoms with Gasteiger partial charge in [0.05, 0.1) is 10.5 Å². The van der Waals surface area contributed by atoms with Crippen molar-refractivity contribution in [3.8, 4) is 0 Å². The van der Waals surface area contributed by atoms with Gasteiger partial charge in [0, 0.05) is 18.8 Å². The van der Waals surface area contributed by atoms with E-state index in [0.29, 0.717) is 12.5 Å². The minimum atomic E-state index is -1.22. The monoisotopic (exact) mass is 293 g/mol. The number of pyridine rings is 1. The van der Waals surface area contributed by atoms with Crippen LogP contribution in [-0.2, 0) is 0 Å². The van der Waals surface area contributed by atoms with Gasteiger partial charge in [-0.3, -0.25) is 10.1 Å². The first-order valence-electron chi connectivity index (χ1n) is 7.09. The molecule has 1 aliphatic carbocycles. The minimum absolute atomic E-state index is 0.142. The summed E-state index contributed by atoms with van der Waals surface area (Å²) in [7, 11) is 0. The van der Waals surface area contributed by atoms with E-state index in [1.165, 1.54) is 12.8 Å². The average molecular weight is 293 g/mol. The second-order valence-electron chi connectivity index (χ2n) is 5.66.